The first-order chi connectivity index (χ1) is 10.3. The Morgan fingerprint density at radius 1 is 1.36 bits per heavy atom. The lowest BCUT2D eigenvalue weighted by molar-refractivity contribution is -0.119. The van der Waals surface area contributed by atoms with E-state index in [2.05, 4.69) is 4.72 Å². The second-order valence-electron chi connectivity index (χ2n) is 5.54. The number of hydrogen-bond acceptors (Lipinski definition) is 4. The Labute approximate surface area is 131 Å². The maximum atomic E-state index is 12.5. The number of anilines is 1. The predicted molar refractivity (Wildman–Crippen MR) is 85.4 cm³/mol. The zero-order valence-corrected chi connectivity index (χ0v) is 13.9. The van der Waals surface area contributed by atoms with Crippen molar-refractivity contribution in [2.24, 2.45) is 0 Å². The van der Waals surface area contributed by atoms with Gasteiger partial charge in [0.05, 0.1) is 17.9 Å². The van der Waals surface area contributed by atoms with Gasteiger partial charge in [-0.25, -0.2) is 13.1 Å². The summed E-state index contributed by atoms with van der Waals surface area (Å²) in [5.41, 5.74) is 1.97. The molecule has 0 saturated carbocycles. The summed E-state index contributed by atoms with van der Waals surface area (Å²) in [6, 6.07) is 6.87. The van der Waals surface area contributed by atoms with E-state index < -0.39 is 22.2 Å². The number of carbonyl (C=O) groups is 1. The van der Waals surface area contributed by atoms with E-state index >= 15 is 0 Å². The molecule has 0 radical (unpaired) electrons. The summed E-state index contributed by atoms with van der Waals surface area (Å²) in [4.78, 5) is 14.1. The van der Waals surface area contributed by atoms with Crippen LogP contribution in [0.5, 0.6) is 0 Å². The molecule has 7 heteroatoms. The Morgan fingerprint density at radius 2 is 2.05 bits per heavy atom. The largest absolute Gasteiger partial charge is 0.381 e. The maximum Gasteiger partial charge on any atom is 0.244 e. The summed E-state index contributed by atoms with van der Waals surface area (Å²) < 4.78 is 31.4. The van der Waals surface area contributed by atoms with Crippen LogP contribution in [0.15, 0.2) is 24.3 Å². The Morgan fingerprint density at radius 3 is 2.73 bits per heavy atom. The molecule has 122 valence electrons. The third kappa shape index (κ3) is 3.85. The van der Waals surface area contributed by atoms with Crippen molar-refractivity contribution in [1.82, 2.24) is 4.72 Å². The summed E-state index contributed by atoms with van der Waals surface area (Å²) in [6.45, 7) is 3.82. The van der Waals surface area contributed by atoms with Crippen molar-refractivity contribution in [2.75, 3.05) is 24.3 Å². The maximum absolute atomic E-state index is 12.5. The molecule has 0 spiro atoms. The van der Waals surface area contributed by atoms with Crippen LogP contribution in [0.3, 0.4) is 0 Å². The number of nitrogens with one attached hydrogen (secondary N) is 1. The van der Waals surface area contributed by atoms with Crippen LogP contribution in [0.1, 0.15) is 19.4 Å². The number of carbonyl (C=O) groups excluding carboxylic acids is 1. The van der Waals surface area contributed by atoms with Crippen LogP contribution in [0.25, 0.3) is 0 Å². The molecule has 0 aliphatic carbocycles. The van der Waals surface area contributed by atoms with Crippen LogP contribution in [0.2, 0.25) is 0 Å². The van der Waals surface area contributed by atoms with E-state index in [-0.39, 0.29) is 11.7 Å². The first-order valence-electron chi connectivity index (χ1n) is 7.26. The molecule has 22 heavy (non-hydrogen) atoms. The number of amides is 1. The quantitative estimate of drug-likeness (QED) is 0.843. The monoisotopic (exact) mass is 326 g/mol. The van der Waals surface area contributed by atoms with E-state index in [1.807, 2.05) is 24.3 Å². The topological polar surface area (TPSA) is 75.7 Å². The highest BCUT2D eigenvalue weighted by atomic mass is 32.2. The summed E-state index contributed by atoms with van der Waals surface area (Å²) in [5, 5.41) is 0. The molecule has 1 heterocycles. The lowest BCUT2D eigenvalue weighted by Crippen LogP contribution is -2.48. The molecule has 1 aromatic rings. The Kier molecular flexibility index (Phi) is 5.20. The SMILES string of the molecule is CO[C@@H](C)CS(=O)(=O)N[C@@H](C)C(=O)N1CCc2ccccc21. The van der Waals surface area contributed by atoms with Crippen molar-refractivity contribution in [3.63, 3.8) is 0 Å². The van der Waals surface area contributed by atoms with E-state index in [9.17, 15) is 13.2 Å². The van der Waals surface area contributed by atoms with Crippen LogP contribution < -0.4 is 9.62 Å². The minimum atomic E-state index is -3.57. The Balaban J connectivity index is 2.05. The lowest BCUT2D eigenvalue weighted by atomic mass is 10.2. The molecule has 1 amide bonds. The van der Waals surface area contributed by atoms with E-state index in [0.29, 0.717) is 6.54 Å². The van der Waals surface area contributed by atoms with Crippen molar-refractivity contribution in [1.29, 1.82) is 0 Å². The van der Waals surface area contributed by atoms with Gasteiger partial charge in [0, 0.05) is 19.3 Å². The second kappa shape index (κ2) is 6.76. The summed E-state index contributed by atoms with van der Waals surface area (Å²) in [5.74, 6) is -0.406. The van der Waals surface area contributed by atoms with Crippen LogP contribution in [0, 0.1) is 0 Å². The van der Waals surface area contributed by atoms with Gasteiger partial charge >= 0.3 is 0 Å². The Bertz CT molecular complexity index is 645. The fourth-order valence-electron chi connectivity index (χ4n) is 2.55. The molecule has 0 saturated heterocycles. The van der Waals surface area contributed by atoms with E-state index in [0.717, 1.165) is 17.7 Å². The first-order valence-corrected chi connectivity index (χ1v) is 8.91. The van der Waals surface area contributed by atoms with Crippen molar-refractivity contribution < 1.29 is 17.9 Å². The number of hydrogen-bond donors (Lipinski definition) is 1. The fraction of sp³-hybridized carbons (Fsp3) is 0.533. The van der Waals surface area contributed by atoms with Gasteiger partial charge in [-0.3, -0.25) is 4.79 Å². The summed E-state index contributed by atoms with van der Waals surface area (Å²) in [7, 11) is -2.11. The van der Waals surface area contributed by atoms with Crippen molar-refractivity contribution in [2.45, 2.75) is 32.4 Å². The van der Waals surface area contributed by atoms with E-state index in [1.54, 1.807) is 18.7 Å². The molecule has 1 N–H and O–H groups in total. The van der Waals surface area contributed by atoms with Crippen molar-refractivity contribution in [3.8, 4) is 0 Å². The number of para-hydroxylation sites is 1. The van der Waals surface area contributed by atoms with E-state index in [4.69, 9.17) is 4.74 Å². The normalized spacial score (nSPS) is 17.1. The van der Waals surface area contributed by atoms with Gasteiger partial charge < -0.3 is 9.64 Å². The standard InChI is InChI=1S/C15H22N2O4S/c1-11(21-3)10-22(19,20)16-12(2)15(18)17-9-8-13-6-4-5-7-14(13)17/h4-7,11-12,16H,8-10H2,1-3H3/t11-,12-/m0/s1. The van der Waals surface area contributed by atoms with Crippen LogP contribution in [-0.4, -0.2) is 45.9 Å². The molecule has 0 unspecified atom stereocenters. The zero-order chi connectivity index (χ0) is 16.3. The average molecular weight is 326 g/mol. The molecule has 2 atom stereocenters. The van der Waals surface area contributed by atoms with Gasteiger partial charge in [-0.05, 0) is 31.9 Å². The first kappa shape index (κ1) is 16.9. The molecule has 1 aliphatic rings. The van der Waals surface area contributed by atoms with Gasteiger partial charge in [0.15, 0.2) is 0 Å². The third-order valence-corrected chi connectivity index (χ3v) is 5.36. The van der Waals surface area contributed by atoms with E-state index in [1.165, 1.54) is 7.11 Å². The minimum Gasteiger partial charge on any atom is -0.381 e. The fourth-order valence-corrected chi connectivity index (χ4v) is 4.04. The zero-order valence-electron chi connectivity index (χ0n) is 13.1. The van der Waals surface area contributed by atoms with Gasteiger partial charge in [-0.1, -0.05) is 18.2 Å². The van der Waals surface area contributed by atoms with Gasteiger partial charge in [0.1, 0.15) is 0 Å². The molecule has 1 aliphatic heterocycles. The lowest BCUT2D eigenvalue weighted by Gasteiger charge is -2.22. The van der Waals surface area contributed by atoms with Gasteiger partial charge in [0.2, 0.25) is 15.9 Å². The third-order valence-electron chi connectivity index (χ3n) is 3.74. The highest BCUT2D eigenvalue weighted by Gasteiger charge is 2.30. The summed E-state index contributed by atoms with van der Waals surface area (Å²) in [6.07, 6.45) is 0.370. The molecule has 0 bridgehead atoms. The number of rotatable bonds is 6. The van der Waals surface area contributed by atoms with Gasteiger partial charge in [-0.2, -0.15) is 0 Å². The molecule has 0 fully saturated rings. The number of fused-ring (bicyclic) bond motifs is 1. The number of ether oxygens (including phenoxy) is 1. The number of sulfonamides is 1. The highest BCUT2D eigenvalue weighted by molar-refractivity contribution is 7.89. The number of nitrogens with zero attached hydrogens (tertiary/aromatic N) is 1. The molecule has 1 aromatic carbocycles. The molecule has 0 aromatic heterocycles. The molecular formula is C15H22N2O4S. The molecule has 6 nitrogen and oxygen atoms in total. The van der Waals surface area contributed by atoms with Gasteiger partial charge in [0.25, 0.3) is 0 Å². The number of methoxy groups -OCH3 is 1. The summed E-state index contributed by atoms with van der Waals surface area (Å²) >= 11 is 0. The minimum absolute atomic E-state index is 0.169. The second-order valence-corrected chi connectivity index (χ2v) is 7.33. The highest BCUT2D eigenvalue weighted by Crippen LogP contribution is 2.27. The molecular weight excluding hydrogens is 304 g/mol. The van der Waals surface area contributed by atoms with Crippen molar-refractivity contribution >= 4 is 21.6 Å². The number of benzene rings is 1. The predicted octanol–water partition coefficient (Wildman–Crippen LogP) is 0.919. The van der Waals surface area contributed by atoms with Crippen LogP contribution in [-0.2, 0) is 26.0 Å². The Hall–Kier alpha value is -1.44. The van der Waals surface area contributed by atoms with Crippen molar-refractivity contribution in [3.05, 3.63) is 29.8 Å². The van der Waals surface area contributed by atoms with Crippen LogP contribution in [0.4, 0.5) is 5.69 Å². The van der Waals surface area contributed by atoms with Crippen LogP contribution >= 0.6 is 0 Å². The van der Waals surface area contributed by atoms with Gasteiger partial charge in [-0.15, -0.1) is 0 Å². The average Bonchev–Trinajstić information content (AvgIpc) is 2.89. The smallest absolute Gasteiger partial charge is 0.244 e. The molecule has 2 rings (SSSR count).